The largest absolute Gasteiger partial charge is 0.384 e. The Morgan fingerprint density at radius 3 is 2.48 bits per heavy atom. The maximum atomic E-state index is 12.6. The number of hydrogen-bond donors (Lipinski definition) is 1. The Labute approximate surface area is 124 Å². The molecule has 4 nitrogen and oxygen atoms in total. The second kappa shape index (κ2) is 6.44. The summed E-state index contributed by atoms with van der Waals surface area (Å²) < 4.78 is 26.4. The zero-order valence-corrected chi connectivity index (χ0v) is 12.3. The van der Waals surface area contributed by atoms with Crippen molar-refractivity contribution in [3.8, 4) is 11.8 Å². The van der Waals surface area contributed by atoms with Gasteiger partial charge in [-0.3, -0.25) is 4.31 Å². The molecule has 0 amide bonds. The summed E-state index contributed by atoms with van der Waals surface area (Å²) in [6.45, 7) is -0.263. The summed E-state index contributed by atoms with van der Waals surface area (Å²) in [4.78, 5) is 0.165. The summed E-state index contributed by atoms with van der Waals surface area (Å²) in [6, 6.07) is 15.2. The lowest BCUT2D eigenvalue weighted by Crippen LogP contribution is -2.26. The molecule has 0 aliphatic rings. The van der Waals surface area contributed by atoms with Crippen molar-refractivity contribution in [2.75, 3.05) is 18.0 Å². The van der Waals surface area contributed by atoms with Gasteiger partial charge < -0.3 is 5.11 Å². The molecule has 0 saturated heterocycles. The van der Waals surface area contributed by atoms with Crippen LogP contribution in [0.2, 0.25) is 0 Å². The highest BCUT2D eigenvalue weighted by molar-refractivity contribution is 7.92. The monoisotopic (exact) mass is 301 g/mol. The summed E-state index contributed by atoms with van der Waals surface area (Å²) >= 11 is 0. The molecule has 108 valence electrons. The fourth-order valence-electron chi connectivity index (χ4n) is 1.81. The molecular formula is C16H15NO3S. The third-order valence-electron chi connectivity index (χ3n) is 2.92. The van der Waals surface area contributed by atoms with Crippen LogP contribution in [-0.4, -0.2) is 27.2 Å². The van der Waals surface area contributed by atoms with E-state index in [1.54, 1.807) is 36.4 Å². The zero-order valence-electron chi connectivity index (χ0n) is 11.5. The first-order valence-corrected chi connectivity index (χ1v) is 7.73. The molecule has 0 bridgehead atoms. The van der Waals surface area contributed by atoms with Crippen molar-refractivity contribution < 1.29 is 13.5 Å². The van der Waals surface area contributed by atoms with Crippen molar-refractivity contribution in [1.29, 1.82) is 0 Å². The number of aliphatic hydroxyl groups excluding tert-OH is 1. The van der Waals surface area contributed by atoms with Crippen LogP contribution in [0.5, 0.6) is 0 Å². The van der Waals surface area contributed by atoms with E-state index in [1.165, 1.54) is 23.5 Å². The zero-order chi connectivity index (χ0) is 15.3. The molecule has 0 unspecified atom stereocenters. The van der Waals surface area contributed by atoms with Crippen LogP contribution in [0, 0.1) is 11.8 Å². The van der Waals surface area contributed by atoms with Gasteiger partial charge in [0.15, 0.2) is 0 Å². The molecule has 0 aromatic heterocycles. The van der Waals surface area contributed by atoms with Crippen LogP contribution >= 0.6 is 0 Å². The highest BCUT2D eigenvalue weighted by atomic mass is 32.2. The first kappa shape index (κ1) is 15.1. The van der Waals surface area contributed by atoms with Crippen LogP contribution in [0.15, 0.2) is 59.5 Å². The smallest absolute Gasteiger partial charge is 0.264 e. The van der Waals surface area contributed by atoms with E-state index in [0.29, 0.717) is 11.3 Å². The van der Waals surface area contributed by atoms with Gasteiger partial charge in [-0.2, -0.15) is 0 Å². The average molecular weight is 301 g/mol. The van der Waals surface area contributed by atoms with Gasteiger partial charge in [0, 0.05) is 12.6 Å². The Morgan fingerprint density at radius 1 is 1.10 bits per heavy atom. The molecule has 0 atom stereocenters. The molecule has 0 heterocycles. The van der Waals surface area contributed by atoms with Crippen LogP contribution < -0.4 is 4.31 Å². The van der Waals surface area contributed by atoms with Crippen molar-refractivity contribution in [3.63, 3.8) is 0 Å². The second-order valence-electron chi connectivity index (χ2n) is 4.30. The molecule has 0 fully saturated rings. The van der Waals surface area contributed by atoms with Crippen molar-refractivity contribution in [2.45, 2.75) is 4.90 Å². The first-order chi connectivity index (χ1) is 10.1. The van der Waals surface area contributed by atoms with Crippen molar-refractivity contribution in [3.05, 3.63) is 60.2 Å². The topological polar surface area (TPSA) is 57.6 Å². The van der Waals surface area contributed by atoms with E-state index in [0.717, 1.165) is 0 Å². The van der Waals surface area contributed by atoms with E-state index in [1.807, 2.05) is 6.07 Å². The van der Waals surface area contributed by atoms with Crippen molar-refractivity contribution in [2.24, 2.45) is 0 Å². The quantitative estimate of drug-likeness (QED) is 0.880. The van der Waals surface area contributed by atoms with Gasteiger partial charge in [-0.15, -0.1) is 0 Å². The van der Waals surface area contributed by atoms with Crippen LogP contribution in [0.4, 0.5) is 5.69 Å². The number of hydrogen-bond acceptors (Lipinski definition) is 3. The number of sulfonamides is 1. The summed E-state index contributed by atoms with van der Waals surface area (Å²) in [7, 11) is -2.13. The van der Waals surface area contributed by atoms with E-state index < -0.39 is 10.0 Å². The highest BCUT2D eigenvalue weighted by Gasteiger charge is 2.21. The van der Waals surface area contributed by atoms with Crippen molar-refractivity contribution in [1.82, 2.24) is 0 Å². The fourth-order valence-corrected chi connectivity index (χ4v) is 3.05. The number of para-hydroxylation sites is 1. The normalized spacial score (nSPS) is 10.6. The maximum absolute atomic E-state index is 12.6. The molecule has 2 rings (SSSR count). The lowest BCUT2D eigenvalue weighted by atomic mass is 10.2. The molecule has 0 spiro atoms. The number of anilines is 1. The van der Waals surface area contributed by atoms with Gasteiger partial charge in [0.2, 0.25) is 0 Å². The Bertz CT molecular complexity index is 774. The van der Waals surface area contributed by atoms with Crippen LogP contribution in [0.1, 0.15) is 5.56 Å². The van der Waals surface area contributed by atoms with Crippen molar-refractivity contribution >= 4 is 15.7 Å². The summed E-state index contributed by atoms with van der Waals surface area (Å²) in [5.41, 5.74) is 1.14. The maximum Gasteiger partial charge on any atom is 0.264 e. The highest BCUT2D eigenvalue weighted by Crippen LogP contribution is 2.22. The van der Waals surface area contributed by atoms with Crippen LogP contribution in [-0.2, 0) is 10.0 Å². The fraction of sp³-hybridized carbons (Fsp3) is 0.125. The van der Waals surface area contributed by atoms with Gasteiger partial charge in [-0.05, 0) is 30.3 Å². The lowest BCUT2D eigenvalue weighted by Gasteiger charge is -2.19. The Hall–Kier alpha value is -2.29. The number of rotatable bonds is 3. The minimum absolute atomic E-state index is 0.165. The van der Waals surface area contributed by atoms with Crippen LogP contribution in [0.3, 0.4) is 0 Å². The van der Waals surface area contributed by atoms with E-state index in [4.69, 9.17) is 5.11 Å². The van der Waals surface area contributed by atoms with Gasteiger partial charge in [-0.1, -0.05) is 36.1 Å². The molecule has 0 aliphatic heterocycles. The predicted molar refractivity (Wildman–Crippen MR) is 82.4 cm³/mol. The van der Waals surface area contributed by atoms with E-state index in [9.17, 15) is 8.42 Å². The number of benzene rings is 2. The van der Waals surface area contributed by atoms with Crippen LogP contribution in [0.25, 0.3) is 0 Å². The Balaban J connectivity index is 2.40. The molecule has 21 heavy (non-hydrogen) atoms. The number of nitrogens with zero attached hydrogens (tertiary/aromatic N) is 1. The Kier molecular flexibility index (Phi) is 4.63. The van der Waals surface area contributed by atoms with E-state index in [2.05, 4.69) is 11.8 Å². The third kappa shape index (κ3) is 3.43. The molecule has 5 heteroatoms. The molecule has 1 N–H and O–H groups in total. The SMILES string of the molecule is CN(c1ccccc1)S(=O)(=O)c1cccc(C#CCO)c1. The summed E-state index contributed by atoms with van der Waals surface area (Å²) in [6.07, 6.45) is 0. The van der Waals surface area contributed by atoms with Gasteiger partial charge in [0.25, 0.3) is 10.0 Å². The standard InChI is InChI=1S/C16H15NO3S/c1-17(15-9-3-2-4-10-15)21(19,20)16-11-5-7-14(13-16)8-6-12-18/h2-5,7,9-11,13,18H,12H2,1H3. The average Bonchev–Trinajstić information content (AvgIpc) is 2.53. The summed E-state index contributed by atoms with van der Waals surface area (Å²) in [5.74, 6) is 5.20. The molecule has 0 saturated carbocycles. The van der Waals surface area contributed by atoms with Gasteiger partial charge in [0.05, 0.1) is 10.6 Å². The molecule has 0 radical (unpaired) electrons. The lowest BCUT2D eigenvalue weighted by molar-refractivity contribution is 0.350. The number of aliphatic hydroxyl groups is 1. The van der Waals surface area contributed by atoms with Gasteiger partial charge >= 0.3 is 0 Å². The third-order valence-corrected chi connectivity index (χ3v) is 4.71. The summed E-state index contributed by atoms with van der Waals surface area (Å²) in [5, 5.41) is 8.69. The molecular weight excluding hydrogens is 286 g/mol. The first-order valence-electron chi connectivity index (χ1n) is 6.29. The van der Waals surface area contributed by atoms with Gasteiger partial charge in [0.1, 0.15) is 6.61 Å². The minimum Gasteiger partial charge on any atom is -0.384 e. The molecule has 2 aromatic carbocycles. The molecule has 0 aliphatic carbocycles. The molecule has 2 aromatic rings. The van der Waals surface area contributed by atoms with E-state index in [-0.39, 0.29) is 11.5 Å². The minimum atomic E-state index is -3.64. The van der Waals surface area contributed by atoms with Gasteiger partial charge in [-0.25, -0.2) is 8.42 Å². The second-order valence-corrected chi connectivity index (χ2v) is 6.27. The Morgan fingerprint density at radius 2 is 1.81 bits per heavy atom. The predicted octanol–water partition coefficient (Wildman–Crippen LogP) is 1.86. The van der Waals surface area contributed by atoms with E-state index >= 15 is 0 Å².